The molecule has 1 heterocycles. The van der Waals surface area contributed by atoms with E-state index in [4.69, 9.17) is 5.11 Å². The summed E-state index contributed by atoms with van der Waals surface area (Å²) in [5.74, 6) is -0.762. The number of tetrazole rings is 1. The van der Waals surface area contributed by atoms with Gasteiger partial charge in [-0.25, -0.2) is 0 Å². The Balaban J connectivity index is 2.12. The van der Waals surface area contributed by atoms with Gasteiger partial charge in [-0.2, -0.15) is 5.21 Å². The standard InChI is InChI=1S/C11H12N4O4/c16-8(5-9(17)18)10(19)6-1-3-7(4-2-6)11-12-14-15-13-11/h1-4,8,10,16,19H,5H2,(H,17,18)(H,12,13,14,15). The number of rotatable bonds is 5. The maximum atomic E-state index is 10.5. The summed E-state index contributed by atoms with van der Waals surface area (Å²) in [5, 5.41) is 41.2. The van der Waals surface area contributed by atoms with Crippen molar-refractivity contribution in [1.29, 1.82) is 0 Å². The zero-order valence-corrected chi connectivity index (χ0v) is 9.76. The van der Waals surface area contributed by atoms with Crippen molar-refractivity contribution in [2.24, 2.45) is 0 Å². The van der Waals surface area contributed by atoms with E-state index in [1.807, 2.05) is 0 Å². The van der Waals surface area contributed by atoms with Gasteiger partial charge >= 0.3 is 5.97 Å². The summed E-state index contributed by atoms with van der Waals surface area (Å²) in [6.45, 7) is 0. The molecule has 2 rings (SSSR count). The number of carboxylic acid groups (broad SMARTS) is 1. The quantitative estimate of drug-likeness (QED) is 0.584. The predicted octanol–water partition coefficient (Wildman–Crippen LogP) is -0.264. The van der Waals surface area contributed by atoms with Gasteiger partial charge in [0, 0.05) is 5.56 Å². The van der Waals surface area contributed by atoms with Crippen LogP contribution in [0.3, 0.4) is 0 Å². The Morgan fingerprint density at radius 1 is 1.26 bits per heavy atom. The lowest BCUT2D eigenvalue weighted by atomic mass is 10.0. The van der Waals surface area contributed by atoms with Crippen molar-refractivity contribution < 1.29 is 20.1 Å². The molecule has 100 valence electrons. The van der Waals surface area contributed by atoms with Gasteiger partial charge in [0.15, 0.2) is 0 Å². The highest BCUT2D eigenvalue weighted by molar-refractivity contribution is 5.67. The summed E-state index contributed by atoms with van der Waals surface area (Å²) in [6.07, 6.45) is -3.13. The van der Waals surface area contributed by atoms with Gasteiger partial charge < -0.3 is 15.3 Å². The van der Waals surface area contributed by atoms with Crippen LogP contribution in [0, 0.1) is 0 Å². The van der Waals surface area contributed by atoms with E-state index in [9.17, 15) is 15.0 Å². The topological polar surface area (TPSA) is 132 Å². The molecule has 0 radical (unpaired) electrons. The van der Waals surface area contributed by atoms with Crippen molar-refractivity contribution in [2.75, 3.05) is 0 Å². The fourth-order valence-electron chi connectivity index (χ4n) is 1.63. The molecule has 2 unspecified atom stereocenters. The third-order valence-electron chi connectivity index (χ3n) is 2.60. The maximum absolute atomic E-state index is 10.5. The molecule has 0 amide bonds. The maximum Gasteiger partial charge on any atom is 0.306 e. The molecule has 0 saturated carbocycles. The largest absolute Gasteiger partial charge is 0.481 e. The number of nitrogens with one attached hydrogen (secondary N) is 1. The molecule has 4 N–H and O–H groups in total. The molecule has 0 aliphatic rings. The summed E-state index contributed by atoms with van der Waals surface area (Å²) in [4.78, 5) is 10.5. The molecule has 8 nitrogen and oxygen atoms in total. The van der Waals surface area contributed by atoms with Crippen molar-refractivity contribution in [3.8, 4) is 11.4 Å². The fourth-order valence-corrected chi connectivity index (χ4v) is 1.63. The van der Waals surface area contributed by atoms with E-state index in [-0.39, 0.29) is 0 Å². The molecule has 0 spiro atoms. The molecule has 0 saturated heterocycles. The average Bonchev–Trinajstić information content (AvgIpc) is 2.91. The number of nitrogens with zero attached hydrogens (tertiary/aromatic N) is 3. The third kappa shape index (κ3) is 3.12. The van der Waals surface area contributed by atoms with E-state index < -0.39 is 24.6 Å². The number of carboxylic acids is 1. The second-order valence-corrected chi connectivity index (χ2v) is 3.97. The Kier molecular flexibility index (Phi) is 3.83. The zero-order valence-electron chi connectivity index (χ0n) is 9.76. The number of aliphatic hydroxyl groups excluding tert-OH is 2. The average molecular weight is 264 g/mol. The Morgan fingerprint density at radius 3 is 2.47 bits per heavy atom. The number of aliphatic hydroxyl groups is 2. The number of hydrogen-bond acceptors (Lipinski definition) is 6. The van der Waals surface area contributed by atoms with Crippen LogP contribution in [0.2, 0.25) is 0 Å². The first-order chi connectivity index (χ1) is 9.08. The van der Waals surface area contributed by atoms with Gasteiger partial charge in [0.25, 0.3) is 0 Å². The van der Waals surface area contributed by atoms with Crippen LogP contribution in [0.15, 0.2) is 24.3 Å². The molecule has 2 aromatic rings. The smallest absolute Gasteiger partial charge is 0.306 e. The highest BCUT2D eigenvalue weighted by Gasteiger charge is 2.21. The molecule has 0 aliphatic carbocycles. The van der Waals surface area contributed by atoms with Crippen LogP contribution >= 0.6 is 0 Å². The fraction of sp³-hybridized carbons (Fsp3) is 0.273. The number of aromatic amines is 1. The van der Waals surface area contributed by atoms with Crippen LogP contribution in [-0.4, -0.2) is 48.0 Å². The number of H-pyrrole nitrogens is 1. The van der Waals surface area contributed by atoms with Crippen LogP contribution in [0.1, 0.15) is 18.1 Å². The SMILES string of the molecule is O=C(O)CC(O)C(O)c1ccc(-c2nn[nH]n2)cc1. The minimum absolute atomic E-state index is 0.409. The molecule has 19 heavy (non-hydrogen) atoms. The first-order valence-corrected chi connectivity index (χ1v) is 5.49. The van der Waals surface area contributed by atoms with E-state index in [1.54, 1.807) is 24.3 Å². The van der Waals surface area contributed by atoms with Crippen LogP contribution in [0.5, 0.6) is 0 Å². The van der Waals surface area contributed by atoms with Gasteiger partial charge in [-0.05, 0) is 10.8 Å². The van der Waals surface area contributed by atoms with E-state index in [0.29, 0.717) is 17.0 Å². The number of hydrogen-bond donors (Lipinski definition) is 4. The molecule has 2 atom stereocenters. The van der Waals surface area contributed by atoms with Gasteiger partial charge in [-0.1, -0.05) is 24.3 Å². The molecule has 0 bridgehead atoms. The van der Waals surface area contributed by atoms with Gasteiger partial charge in [0.1, 0.15) is 6.10 Å². The minimum atomic E-state index is -1.35. The van der Waals surface area contributed by atoms with Gasteiger partial charge in [0.05, 0.1) is 12.5 Å². The lowest BCUT2D eigenvalue weighted by Gasteiger charge is -2.16. The molecule has 1 aromatic heterocycles. The van der Waals surface area contributed by atoms with Crippen LogP contribution in [0.4, 0.5) is 0 Å². The first kappa shape index (κ1) is 13.1. The number of benzene rings is 1. The van der Waals surface area contributed by atoms with Crippen LogP contribution in [0.25, 0.3) is 11.4 Å². The summed E-state index contributed by atoms with van der Waals surface area (Å²) in [7, 11) is 0. The summed E-state index contributed by atoms with van der Waals surface area (Å²) in [6, 6.07) is 6.44. The highest BCUT2D eigenvalue weighted by atomic mass is 16.4. The van der Waals surface area contributed by atoms with E-state index in [0.717, 1.165) is 0 Å². The van der Waals surface area contributed by atoms with Gasteiger partial charge in [0.2, 0.25) is 5.82 Å². The predicted molar refractivity (Wildman–Crippen MR) is 62.8 cm³/mol. The van der Waals surface area contributed by atoms with Gasteiger partial charge in [-0.3, -0.25) is 4.79 Å². The van der Waals surface area contributed by atoms with Crippen LogP contribution in [-0.2, 0) is 4.79 Å². The van der Waals surface area contributed by atoms with Gasteiger partial charge in [-0.15, -0.1) is 10.2 Å². The van der Waals surface area contributed by atoms with Crippen LogP contribution < -0.4 is 0 Å². The second-order valence-electron chi connectivity index (χ2n) is 3.97. The molecule has 0 fully saturated rings. The lowest BCUT2D eigenvalue weighted by molar-refractivity contribution is -0.141. The highest BCUT2D eigenvalue weighted by Crippen LogP contribution is 2.22. The Hall–Kier alpha value is -2.32. The third-order valence-corrected chi connectivity index (χ3v) is 2.60. The normalized spacial score (nSPS) is 14.0. The Morgan fingerprint density at radius 2 is 1.95 bits per heavy atom. The minimum Gasteiger partial charge on any atom is -0.481 e. The molecule has 1 aromatic carbocycles. The molecular weight excluding hydrogens is 252 g/mol. The molecule has 8 heteroatoms. The number of aromatic nitrogens is 4. The van der Waals surface area contributed by atoms with Crippen molar-refractivity contribution in [3.63, 3.8) is 0 Å². The first-order valence-electron chi connectivity index (χ1n) is 5.49. The molecular formula is C11H12N4O4. The summed E-state index contributed by atoms with van der Waals surface area (Å²) < 4.78 is 0. The van der Waals surface area contributed by atoms with E-state index in [1.165, 1.54) is 0 Å². The lowest BCUT2D eigenvalue weighted by Crippen LogP contribution is -2.21. The molecule has 0 aliphatic heterocycles. The second kappa shape index (κ2) is 5.55. The number of aliphatic carboxylic acids is 1. The van der Waals surface area contributed by atoms with Crippen molar-refractivity contribution in [3.05, 3.63) is 29.8 Å². The number of carbonyl (C=O) groups is 1. The van der Waals surface area contributed by atoms with Crippen molar-refractivity contribution in [2.45, 2.75) is 18.6 Å². The monoisotopic (exact) mass is 264 g/mol. The van der Waals surface area contributed by atoms with Crippen molar-refractivity contribution in [1.82, 2.24) is 20.6 Å². The Bertz CT molecular complexity index is 540. The zero-order chi connectivity index (χ0) is 13.8. The summed E-state index contributed by atoms with van der Waals surface area (Å²) in [5.41, 5.74) is 1.11. The van der Waals surface area contributed by atoms with E-state index in [2.05, 4.69) is 20.6 Å². The summed E-state index contributed by atoms with van der Waals surface area (Å²) >= 11 is 0. The van der Waals surface area contributed by atoms with Crippen molar-refractivity contribution >= 4 is 5.97 Å². The van der Waals surface area contributed by atoms with E-state index >= 15 is 0 Å². The Labute approximate surface area is 107 Å².